The van der Waals surface area contributed by atoms with Crippen LogP contribution in [-0.4, -0.2) is 16.8 Å². The first-order chi connectivity index (χ1) is 7.66. The maximum atomic E-state index is 11.9. The molecule has 1 atom stereocenters. The standard InChI is InChI=1S/C11H14BrNO2S/c12-9-3-4-10(13)11(5-9)16(14)7-15-6-8-1-2-8/h3-5,8H,1-2,6-7,13H2. The van der Waals surface area contributed by atoms with Crippen LogP contribution in [0.15, 0.2) is 27.6 Å². The Balaban J connectivity index is 1.93. The van der Waals surface area contributed by atoms with E-state index in [2.05, 4.69) is 15.9 Å². The molecule has 1 fully saturated rings. The van der Waals surface area contributed by atoms with Gasteiger partial charge in [-0.25, -0.2) is 0 Å². The number of halogens is 1. The van der Waals surface area contributed by atoms with Crippen molar-refractivity contribution in [3.63, 3.8) is 0 Å². The van der Waals surface area contributed by atoms with Crippen LogP contribution >= 0.6 is 15.9 Å². The maximum Gasteiger partial charge on any atom is 0.126 e. The van der Waals surface area contributed by atoms with E-state index in [0.717, 1.165) is 11.1 Å². The highest BCUT2D eigenvalue weighted by Crippen LogP contribution is 2.29. The molecule has 1 aliphatic rings. The quantitative estimate of drug-likeness (QED) is 0.851. The van der Waals surface area contributed by atoms with E-state index in [1.54, 1.807) is 12.1 Å². The Labute approximate surface area is 106 Å². The second-order valence-electron chi connectivity index (χ2n) is 3.96. The number of nitrogens with two attached hydrogens (primary N) is 1. The van der Waals surface area contributed by atoms with Gasteiger partial charge in [0, 0.05) is 10.2 Å². The topological polar surface area (TPSA) is 52.3 Å². The van der Waals surface area contributed by atoms with E-state index in [1.807, 2.05) is 6.07 Å². The fraction of sp³-hybridized carbons (Fsp3) is 0.455. The van der Waals surface area contributed by atoms with E-state index in [0.29, 0.717) is 16.5 Å². The molecular formula is C11H14BrNO2S. The van der Waals surface area contributed by atoms with Crippen molar-refractivity contribution in [1.82, 2.24) is 0 Å². The summed E-state index contributed by atoms with van der Waals surface area (Å²) in [4.78, 5) is 0.644. The summed E-state index contributed by atoms with van der Waals surface area (Å²) in [5, 5.41) is 0. The van der Waals surface area contributed by atoms with Crippen LogP contribution in [-0.2, 0) is 15.5 Å². The van der Waals surface area contributed by atoms with Crippen LogP contribution in [0.5, 0.6) is 0 Å². The number of anilines is 1. The van der Waals surface area contributed by atoms with Gasteiger partial charge < -0.3 is 10.5 Å². The molecule has 0 spiro atoms. The van der Waals surface area contributed by atoms with E-state index in [1.165, 1.54) is 12.8 Å². The Bertz CT molecular complexity index is 407. The highest BCUT2D eigenvalue weighted by molar-refractivity contribution is 9.10. The molecular weight excluding hydrogens is 290 g/mol. The summed E-state index contributed by atoms with van der Waals surface area (Å²) in [6, 6.07) is 5.37. The summed E-state index contributed by atoms with van der Waals surface area (Å²) in [5.41, 5.74) is 6.32. The average Bonchev–Trinajstić information content (AvgIpc) is 3.05. The molecule has 3 nitrogen and oxygen atoms in total. The minimum Gasteiger partial charge on any atom is -0.398 e. The second kappa shape index (κ2) is 5.29. The summed E-state index contributed by atoms with van der Waals surface area (Å²) >= 11 is 3.34. The highest BCUT2D eigenvalue weighted by atomic mass is 79.9. The molecule has 2 N–H and O–H groups in total. The minimum atomic E-state index is -1.17. The molecule has 1 unspecified atom stereocenters. The largest absolute Gasteiger partial charge is 0.398 e. The number of benzene rings is 1. The van der Waals surface area contributed by atoms with E-state index in [4.69, 9.17) is 10.5 Å². The Morgan fingerprint density at radius 3 is 2.94 bits per heavy atom. The molecule has 16 heavy (non-hydrogen) atoms. The van der Waals surface area contributed by atoms with Gasteiger partial charge in [-0.15, -0.1) is 0 Å². The van der Waals surface area contributed by atoms with Gasteiger partial charge in [-0.1, -0.05) is 15.9 Å². The van der Waals surface area contributed by atoms with Crippen molar-refractivity contribution >= 4 is 32.4 Å². The van der Waals surface area contributed by atoms with Crippen LogP contribution in [0.25, 0.3) is 0 Å². The van der Waals surface area contributed by atoms with Crippen LogP contribution in [0.4, 0.5) is 5.69 Å². The van der Waals surface area contributed by atoms with Crippen LogP contribution < -0.4 is 5.73 Å². The summed E-state index contributed by atoms with van der Waals surface area (Å²) in [6.07, 6.45) is 2.48. The summed E-state index contributed by atoms with van der Waals surface area (Å²) in [6.45, 7) is 0.722. The van der Waals surface area contributed by atoms with Gasteiger partial charge >= 0.3 is 0 Å². The van der Waals surface area contributed by atoms with Crippen molar-refractivity contribution in [3.8, 4) is 0 Å². The van der Waals surface area contributed by atoms with Crippen molar-refractivity contribution < 1.29 is 8.95 Å². The first kappa shape index (κ1) is 12.1. The molecule has 1 aromatic rings. The zero-order valence-electron chi connectivity index (χ0n) is 8.82. The van der Waals surface area contributed by atoms with E-state index in [-0.39, 0.29) is 5.94 Å². The average molecular weight is 304 g/mol. The van der Waals surface area contributed by atoms with E-state index >= 15 is 0 Å². The molecule has 0 aromatic heterocycles. The van der Waals surface area contributed by atoms with Crippen LogP contribution in [0.1, 0.15) is 12.8 Å². The van der Waals surface area contributed by atoms with Gasteiger partial charge in [0.15, 0.2) is 0 Å². The molecule has 1 saturated carbocycles. The van der Waals surface area contributed by atoms with Gasteiger partial charge in [-0.3, -0.25) is 4.21 Å². The number of hydrogen-bond acceptors (Lipinski definition) is 3. The smallest absolute Gasteiger partial charge is 0.126 e. The highest BCUT2D eigenvalue weighted by Gasteiger charge is 2.21. The first-order valence-corrected chi connectivity index (χ1v) is 7.29. The Morgan fingerprint density at radius 2 is 2.25 bits per heavy atom. The van der Waals surface area contributed by atoms with Crippen LogP contribution in [0.3, 0.4) is 0 Å². The number of nitrogen functional groups attached to an aromatic ring is 1. The van der Waals surface area contributed by atoms with Crippen molar-refractivity contribution in [2.24, 2.45) is 5.92 Å². The molecule has 2 rings (SSSR count). The monoisotopic (exact) mass is 303 g/mol. The lowest BCUT2D eigenvalue weighted by molar-refractivity contribution is 0.168. The number of hydrogen-bond donors (Lipinski definition) is 1. The lowest BCUT2D eigenvalue weighted by atomic mass is 10.3. The third-order valence-corrected chi connectivity index (χ3v) is 4.18. The minimum absolute atomic E-state index is 0.233. The second-order valence-corrected chi connectivity index (χ2v) is 6.24. The predicted molar refractivity (Wildman–Crippen MR) is 68.5 cm³/mol. The van der Waals surface area contributed by atoms with Crippen LogP contribution in [0.2, 0.25) is 0 Å². The summed E-state index contributed by atoms with van der Waals surface area (Å²) in [7, 11) is -1.17. The molecule has 5 heteroatoms. The van der Waals surface area contributed by atoms with Gasteiger partial charge in [0.05, 0.1) is 22.3 Å². The van der Waals surface area contributed by atoms with Gasteiger partial charge in [0.25, 0.3) is 0 Å². The maximum absolute atomic E-state index is 11.9. The summed E-state index contributed by atoms with van der Waals surface area (Å²) in [5.74, 6) is 0.925. The molecule has 0 radical (unpaired) electrons. The Hall–Kier alpha value is -0.390. The Morgan fingerprint density at radius 1 is 1.50 bits per heavy atom. The molecule has 1 aromatic carbocycles. The lowest BCUT2D eigenvalue weighted by Gasteiger charge is -2.07. The van der Waals surface area contributed by atoms with E-state index in [9.17, 15) is 4.21 Å². The van der Waals surface area contributed by atoms with Crippen LogP contribution in [0, 0.1) is 5.92 Å². The molecule has 1 aliphatic carbocycles. The fourth-order valence-corrected chi connectivity index (χ4v) is 2.82. The molecule has 0 amide bonds. The Kier molecular flexibility index (Phi) is 4.00. The molecule has 0 saturated heterocycles. The van der Waals surface area contributed by atoms with Crippen molar-refractivity contribution in [3.05, 3.63) is 22.7 Å². The van der Waals surface area contributed by atoms with Gasteiger partial charge in [-0.05, 0) is 37.0 Å². The van der Waals surface area contributed by atoms with Gasteiger partial charge in [-0.2, -0.15) is 0 Å². The molecule has 0 aliphatic heterocycles. The predicted octanol–water partition coefficient (Wildman–Crippen LogP) is 2.52. The number of rotatable bonds is 5. The molecule has 0 heterocycles. The SMILES string of the molecule is Nc1ccc(Br)cc1S(=O)COCC1CC1. The van der Waals surface area contributed by atoms with E-state index < -0.39 is 10.8 Å². The normalized spacial score (nSPS) is 17.3. The van der Waals surface area contributed by atoms with Crippen molar-refractivity contribution in [2.75, 3.05) is 18.3 Å². The molecule has 88 valence electrons. The van der Waals surface area contributed by atoms with Gasteiger partial charge in [0.2, 0.25) is 0 Å². The van der Waals surface area contributed by atoms with Crippen molar-refractivity contribution in [2.45, 2.75) is 17.7 Å². The summed E-state index contributed by atoms with van der Waals surface area (Å²) < 4.78 is 18.2. The third kappa shape index (κ3) is 3.30. The number of ether oxygens (including phenoxy) is 1. The van der Waals surface area contributed by atoms with Crippen molar-refractivity contribution in [1.29, 1.82) is 0 Å². The third-order valence-electron chi connectivity index (χ3n) is 2.46. The van der Waals surface area contributed by atoms with Gasteiger partial charge in [0.1, 0.15) is 5.94 Å². The fourth-order valence-electron chi connectivity index (χ4n) is 1.34. The molecule has 0 bridgehead atoms. The first-order valence-electron chi connectivity index (χ1n) is 5.18. The zero-order chi connectivity index (χ0) is 11.5. The lowest BCUT2D eigenvalue weighted by Crippen LogP contribution is -2.07. The zero-order valence-corrected chi connectivity index (χ0v) is 11.2.